The van der Waals surface area contributed by atoms with Crippen molar-refractivity contribution in [3.8, 4) is 0 Å². The first-order chi connectivity index (χ1) is 10.3. The fourth-order valence-electron chi connectivity index (χ4n) is 2.59. The Labute approximate surface area is 142 Å². The largest absolute Gasteiger partial charge is 0.475 e. The predicted molar refractivity (Wildman–Crippen MR) is 99.6 cm³/mol. The SMILES string of the molecule is CC(C)(C)c1cc(C2=N[C@@H](C(C)(C)C)CO2)cc(C(C)(C)C)c1. The van der Waals surface area contributed by atoms with Crippen molar-refractivity contribution in [2.75, 3.05) is 6.61 Å². The summed E-state index contributed by atoms with van der Waals surface area (Å²) < 4.78 is 5.96. The van der Waals surface area contributed by atoms with Gasteiger partial charge >= 0.3 is 0 Å². The quantitative estimate of drug-likeness (QED) is 0.673. The van der Waals surface area contributed by atoms with E-state index in [2.05, 4.69) is 80.5 Å². The number of benzene rings is 1. The summed E-state index contributed by atoms with van der Waals surface area (Å²) in [5, 5.41) is 0. The predicted octanol–water partition coefficient (Wildman–Crippen LogP) is 5.47. The highest BCUT2D eigenvalue weighted by atomic mass is 16.5. The molecule has 1 aromatic rings. The van der Waals surface area contributed by atoms with Gasteiger partial charge in [-0.25, -0.2) is 4.99 Å². The van der Waals surface area contributed by atoms with Gasteiger partial charge in [0.2, 0.25) is 5.90 Å². The van der Waals surface area contributed by atoms with Crippen molar-refractivity contribution in [3.05, 3.63) is 34.9 Å². The van der Waals surface area contributed by atoms with Crippen molar-refractivity contribution in [3.63, 3.8) is 0 Å². The summed E-state index contributed by atoms with van der Waals surface area (Å²) in [4.78, 5) is 4.87. The zero-order valence-electron chi connectivity index (χ0n) is 16.4. The lowest BCUT2D eigenvalue weighted by molar-refractivity contribution is 0.236. The molecule has 2 rings (SSSR count). The molecule has 1 aliphatic heterocycles. The van der Waals surface area contributed by atoms with E-state index in [4.69, 9.17) is 9.73 Å². The van der Waals surface area contributed by atoms with E-state index in [-0.39, 0.29) is 22.3 Å². The van der Waals surface area contributed by atoms with Gasteiger partial charge in [0, 0.05) is 5.56 Å². The molecule has 23 heavy (non-hydrogen) atoms. The molecule has 0 aromatic heterocycles. The molecule has 1 atom stereocenters. The Kier molecular flexibility index (Phi) is 4.43. The number of aliphatic imine (C=N–C) groups is 1. The summed E-state index contributed by atoms with van der Waals surface area (Å²) in [6.07, 6.45) is 0. The van der Waals surface area contributed by atoms with Crippen LogP contribution in [0.3, 0.4) is 0 Å². The van der Waals surface area contributed by atoms with Crippen molar-refractivity contribution in [2.24, 2.45) is 10.4 Å². The van der Waals surface area contributed by atoms with Crippen LogP contribution in [-0.2, 0) is 15.6 Å². The number of hydrogen-bond donors (Lipinski definition) is 0. The summed E-state index contributed by atoms with van der Waals surface area (Å²) in [6, 6.07) is 7.06. The van der Waals surface area contributed by atoms with Gasteiger partial charge in [-0.15, -0.1) is 0 Å². The van der Waals surface area contributed by atoms with Crippen LogP contribution in [0.15, 0.2) is 23.2 Å². The molecule has 0 spiro atoms. The highest BCUT2D eigenvalue weighted by Crippen LogP contribution is 2.32. The third-order valence-electron chi connectivity index (χ3n) is 4.56. The molecule has 0 unspecified atom stereocenters. The number of hydrogen-bond acceptors (Lipinski definition) is 2. The molecule has 1 aromatic carbocycles. The van der Waals surface area contributed by atoms with Crippen molar-refractivity contribution in [1.82, 2.24) is 0 Å². The van der Waals surface area contributed by atoms with Gasteiger partial charge in [-0.3, -0.25) is 0 Å². The second kappa shape index (κ2) is 5.65. The van der Waals surface area contributed by atoms with Crippen molar-refractivity contribution < 1.29 is 4.74 Å². The lowest BCUT2D eigenvalue weighted by Crippen LogP contribution is -2.25. The summed E-state index contributed by atoms with van der Waals surface area (Å²) >= 11 is 0. The maximum atomic E-state index is 5.96. The minimum Gasteiger partial charge on any atom is -0.475 e. The van der Waals surface area contributed by atoms with Gasteiger partial charge in [-0.1, -0.05) is 68.4 Å². The Hall–Kier alpha value is -1.31. The van der Waals surface area contributed by atoms with Gasteiger partial charge < -0.3 is 4.74 Å². The Balaban J connectivity index is 2.51. The van der Waals surface area contributed by atoms with E-state index >= 15 is 0 Å². The van der Waals surface area contributed by atoms with Crippen LogP contribution in [0, 0.1) is 5.41 Å². The van der Waals surface area contributed by atoms with E-state index in [1.807, 2.05) is 0 Å². The third-order valence-corrected chi connectivity index (χ3v) is 4.56. The number of rotatable bonds is 1. The van der Waals surface area contributed by atoms with Crippen LogP contribution < -0.4 is 0 Å². The standard InChI is InChI=1S/C21H33NO/c1-19(2,3)15-10-14(11-16(12-15)20(4,5)6)18-22-17(13-23-18)21(7,8)9/h10-12,17H,13H2,1-9H3/t17-/m1/s1. The summed E-state index contributed by atoms with van der Waals surface area (Å²) in [5.41, 5.74) is 4.15. The minimum atomic E-state index is 0.110. The molecule has 0 bridgehead atoms. The monoisotopic (exact) mass is 315 g/mol. The topological polar surface area (TPSA) is 21.6 Å². The molecule has 0 aliphatic carbocycles. The van der Waals surface area contributed by atoms with Gasteiger partial charge in [0.05, 0.1) is 6.04 Å². The Bertz CT molecular complexity index is 574. The first-order valence-electron chi connectivity index (χ1n) is 8.65. The zero-order valence-corrected chi connectivity index (χ0v) is 16.4. The van der Waals surface area contributed by atoms with Crippen molar-refractivity contribution >= 4 is 5.90 Å². The zero-order chi connectivity index (χ0) is 17.6. The van der Waals surface area contributed by atoms with E-state index in [9.17, 15) is 0 Å². The molecule has 0 saturated heterocycles. The maximum Gasteiger partial charge on any atom is 0.216 e. The average Bonchev–Trinajstić information content (AvgIpc) is 2.85. The number of nitrogens with zero attached hydrogens (tertiary/aromatic N) is 1. The highest BCUT2D eigenvalue weighted by Gasteiger charge is 2.31. The van der Waals surface area contributed by atoms with Crippen LogP contribution in [0.4, 0.5) is 0 Å². The Morgan fingerprint density at radius 3 is 1.65 bits per heavy atom. The molecule has 1 heterocycles. The molecule has 0 radical (unpaired) electrons. The molecule has 2 nitrogen and oxygen atoms in total. The van der Waals surface area contributed by atoms with Crippen LogP contribution in [-0.4, -0.2) is 18.5 Å². The third kappa shape index (κ3) is 4.16. The summed E-state index contributed by atoms with van der Waals surface area (Å²) in [7, 11) is 0. The van der Waals surface area contributed by atoms with Crippen LogP contribution >= 0.6 is 0 Å². The van der Waals surface area contributed by atoms with Gasteiger partial charge in [-0.05, 0) is 39.5 Å². The Morgan fingerprint density at radius 1 is 0.826 bits per heavy atom. The second-order valence-electron chi connectivity index (χ2n) is 9.93. The molecule has 128 valence electrons. The lowest BCUT2D eigenvalue weighted by Gasteiger charge is -2.26. The summed E-state index contributed by atoms with van der Waals surface area (Å²) in [5.74, 6) is 0.807. The van der Waals surface area contributed by atoms with E-state index in [1.54, 1.807) is 0 Å². The molecular weight excluding hydrogens is 282 g/mol. The van der Waals surface area contributed by atoms with Crippen LogP contribution in [0.5, 0.6) is 0 Å². The van der Waals surface area contributed by atoms with Crippen LogP contribution in [0.25, 0.3) is 0 Å². The number of ether oxygens (including phenoxy) is 1. The molecule has 0 N–H and O–H groups in total. The first kappa shape index (κ1) is 18.0. The van der Waals surface area contributed by atoms with Crippen LogP contribution in [0.1, 0.15) is 79.0 Å². The van der Waals surface area contributed by atoms with Gasteiger partial charge in [-0.2, -0.15) is 0 Å². The normalized spacial score (nSPS) is 19.5. The van der Waals surface area contributed by atoms with Gasteiger partial charge in [0.15, 0.2) is 0 Å². The van der Waals surface area contributed by atoms with Crippen molar-refractivity contribution in [2.45, 2.75) is 79.2 Å². The lowest BCUT2D eigenvalue weighted by atomic mass is 9.79. The molecule has 2 heteroatoms. The van der Waals surface area contributed by atoms with E-state index in [1.165, 1.54) is 11.1 Å². The smallest absolute Gasteiger partial charge is 0.216 e. The fourth-order valence-corrected chi connectivity index (χ4v) is 2.59. The maximum absolute atomic E-state index is 5.96. The van der Waals surface area contributed by atoms with Crippen LogP contribution in [0.2, 0.25) is 0 Å². The van der Waals surface area contributed by atoms with Gasteiger partial charge in [0.25, 0.3) is 0 Å². The van der Waals surface area contributed by atoms with Gasteiger partial charge in [0.1, 0.15) is 6.61 Å². The summed E-state index contributed by atoms with van der Waals surface area (Å²) in [6.45, 7) is 20.9. The molecule has 1 aliphatic rings. The van der Waals surface area contributed by atoms with E-state index < -0.39 is 0 Å². The van der Waals surface area contributed by atoms with E-state index in [0.717, 1.165) is 11.5 Å². The molecular formula is C21H33NO. The minimum absolute atomic E-state index is 0.110. The Morgan fingerprint density at radius 2 is 1.30 bits per heavy atom. The second-order valence-corrected chi connectivity index (χ2v) is 9.93. The first-order valence-corrected chi connectivity index (χ1v) is 8.65. The van der Waals surface area contributed by atoms with E-state index in [0.29, 0.717) is 6.61 Å². The highest BCUT2D eigenvalue weighted by molar-refractivity contribution is 5.95. The average molecular weight is 316 g/mol. The molecule has 0 saturated carbocycles. The van der Waals surface area contributed by atoms with Crippen molar-refractivity contribution in [1.29, 1.82) is 0 Å². The fraction of sp³-hybridized carbons (Fsp3) is 0.667. The molecule has 0 fully saturated rings. The molecule has 0 amide bonds.